The maximum Gasteiger partial charge on any atom is 0.427 e. The first kappa shape index (κ1) is 15.7. The summed E-state index contributed by atoms with van der Waals surface area (Å²) in [6.07, 6.45) is -0.912. The minimum atomic E-state index is -0.912. The third-order valence-corrected chi connectivity index (χ3v) is 3.36. The van der Waals surface area contributed by atoms with E-state index in [9.17, 15) is 19.2 Å². The smallest absolute Gasteiger partial charge is 0.427 e. The molecule has 0 radical (unpaired) electrons. The third-order valence-electron chi connectivity index (χ3n) is 3.36. The minimum absolute atomic E-state index is 0.191. The summed E-state index contributed by atoms with van der Waals surface area (Å²) in [6, 6.07) is 6.44. The van der Waals surface area contributed by atoms with Gasteiger partial charge in [-0.1, -0.05) is 24.3 Å². The van der Waals surface area contributed by atoms with E-state index in [0.29, 0.717) is 10.2 Å². The van der Waals surface area contributed by atoms with Crippen molar-refractivity contribution in [2.75, 3.05) is 5.43 Å². The van der Waals surface area contributed by atoms with E-state index < -0.39 is 29.0 Å². The molecule has 0 fully saturated rings. The number of imidazole rings is 1. The molecule has 2 N–H and O–H groups in total. The van der Waals surface area contributed by atoms with Crippen LogP contribution in [0.15, 0.2) is 29.1 Å². The van der Waals surface area contributed by atoms with Gasteiger partial charge in [0.25, 0.3) is 5.78 Å². The molecule has 1 aliphatic rings. The average molecular weight is 329 g/mol. The first-order valence-corrected chi connectivity index (χ1v) is 7.22. The normalized spacial score (nSPS) is 13.3. The van der Waals surface area contributed by atoms with Crippen LogP contribution in [-0.2, 0) is 4.74 Å². The predicted octanol–water partition coefficient (Wildman–Crippen LogP) is 1.70. The van der Waals surface area contributed by atoms with Gasteiger partial charge >= 0.3 is 11.8 Å². The van der Waals surface area contributed by atoms with Gasteiger partial charge in [0.05, 0.1) is 5.69 Å². The molecule has 0 saturated heterocycles. The predicted molar refractivity (Wildman–Crippen MR) is 84.7 cm³/mol. The maximum absolute atomic E-state index is 12.4. The summed E-state index contributed by atoms with van der Waals surface area (Å²) in [5, 5.41) is 0. The Morgan fingerprint density at radius 3 is 2.33 bits per heavy atom. The molecule has 8 nitrogen and oxygen atoms in total. The lowest BCUT2D eigenvalue weighted by molar-refractivity contribution is 0.0610. The lowest BCUT2D eigenvalue weighted by atomic mass is 9.90. The number of nitrogens with zero attached hydrogens (tertiary/aromatic N) is 1. The summed E-state index contributed by atoms with van der Waals surface area (Å²) in [6.45, 7) is 4.98. The number of H-pyrrole nitrogens is 1. The molecular formula is C16H15N3O5. The van der Waals surface area contributed by atoms with Crippen LogP contribution in [0.4, 0.5) is 4.79 Å². The Bertz CT molecular complexity index is 930. The summed E-state index contributed by atoms with van der Waals surface area (Å²) in [4.78, 5) is 51.1. The number of amides is 1. The van der Waals surface area contributed by atoms with Gasteiger partial charge in [-0.25, -0.2) is 15.0 Å². The summed E-state index contributed by atoms with van der Waals surface area (Å²) >= 11 is 0. The van der Waals surface area contributed by atoms with Gasteiger partial charge in [0, 0.05) is 11.1 Å². The largest absolute Gasteiger partial charge is 0.443 e. The highest BCUT2D eigenvalue weighted by Gasteiger charge is 2.35. The molecule has 1 aromatic heterocycles. The second-order valence-corrected chi connectivity index (χ2v) is 6.31. The monoisotopic (exact) mass is 329 g/mol. The van der Waals surface area contributed by atoms with E-state index >= 15 is 0 Å². The highest BCUT2D eigenvalue weighted by atomic mass is 16.6. The number of hydrogen-bond donors (Lipinski definition) is 2. The molecule has 1 amide bonds. The van der Waals surface area contributed by atoms with Crippen LogP contribution >= 0.6 is 0 Å². The van der Waals surface area contributed by atoms with Crippen molar-refractivity contribution >= 4 is 17.7 Å². The standard InChI is InChI=1S/C16H15N3O5/c1-16(2,3)24-15(23)18-19-11-10(17-14(19)22)8-6-4-5-7-9(8)12(20)13(11)21/h4-7H,1-3H3,(H,17,22)(H,18,23). The first-order valence-electron chi connectivity index (χ1n) is 7.22. The molecule has 1 heterocycles. The Balaban J connectivity index is 2.09. The van der Waals surface area contributed by atoms with Crippen molar-refractivity contribution in [1.29, 1.82) is 0 Å². The van der Waals surface area contributed by atoms with Crippen LogP contribution in [0.2, 0.25) is 0 Å². The van der Waals surface area contributed by atoms with Crippen molar-refractivity contribution in [2.45, 2.75) is 26.4 Å². The Kier molecular flexibility index (Phi) is 3.40. The summed E-state index contributed by atoms with van der Waals surface area (Å²) < 4.78 is 5.78. The summed E-state index contributed by atoms with van der Waals surface area (Å²) in [5.74, 6) is -1.62. The van der Waals surface area contributed by atoms with Gasteiger partial charge in [0.15, 0.2) is 0 Å². The fourth-order valence-electron chi connectivity index (χ4n) is 2.47. The van der Waals surface area contributed by atoms with Gasteiger partial charge < -0.3 is 9.72 Å². The van der Waals surface area contributed by atoms with Gasteiger partial charge in [-0.2, -0.15) is 4.68 Å². The van der Waals surface area contributed by atoms with Crippen LogP contribution < -0.4 is 11.1 Å². The molecule has 24 heavy (non-hydrogen) atoms. The molecule has 0 aliphatic heterocycles. The van der Waals surface area contributed by atoms with Gasteiger partial charge in [0.1, 0.15) is 11.3 Å². The zero-order valence-electron chi connectivity index (χ0n) is 13.3. The van der Waals surface area contributed by atoms with E-state index in [1.165, 1.54) is 6.07 Å². The quantitative estimate of drug-likeness (QED) is 0.774. The van der Waals surface area contributed by atoms with Crippen molar-refractivity contribution in [3.63, 3.8) is 0 Å². The minimum Gasteiger partial charge on any atom is -0.443 e. The maximum atomic E-state index is 12.4. The first-order chi connectivity index (χ1) is 11.2. The molecule has 3 rings (SSSR count). The van der Waals surface area contributed by atoms with Gasteiger partial charge in [-0.05, 0) is 20.8 Å². The SMILES string of the molecule is CC(C)(C)OC(=O)Nn1c2c([nH]c1=O)-c1ccccc1C(=O)C2=O. The molecule has 1 aliphatic carbocycles. The van der Waals surface area contributed by atoms with E-state index in [1.54, 1.807) is 39.0 Å². The Morgan fingerprint density at radius 2 is 1.71 bits per heavy atom. The molecule has 0 unspecified atom stereocenters. The summed E-state index contributed by atoms with van der Waals surface area (Å²) in [5.41, 5.74) is 1.28. The molecule has 2 aromatic rings. The molecular weight excluding hydrogens is 314 g/mol. The van der Waals surface area contributed by atoms with Gasteiger partial charge in [-0.3, -0.25) is 9.59 Å². The zero-order chi connectivity index (χ0) is 17.6. The number of ketones is 2. The zero-order valence-corrected chi connectivity index (χ0v) is 13.3. The Morgan fingerprint density at radius 1 is 1.08 bits per heavy atom. The Hall–Kier alpha value is -3.16. The van der Waals surface area contributed by atoms with Crippen molar-refractivity contribution < 1.29 is 19.1 Å². The lowest BCUT2D eigenvalue weighted by Crippen LogP contribution is -2.38. The van der Waals surface area contributed by atoms with Crippen LogP contribution in [0.5, 0.6) is 0 Å². The van der Waals surface area contributed by atoms with Crippen LogP contribution in [0.1, 0.15) is 41.6 Å². The van der Waals surface area contributed by atoms with Crippen LogP contribution in [0, 0.1) is 0 Å². The second-order valence-electron chi connectivity index (χ2n) is 6.31. The molecule has 124 valence electrons. The number of rotatable bonds is 1. The number of carbonyl (C=O) groups excluding carboxylic acids is 3. The molecule has 0 atom stereocenters. The number of hydrogen-bond acceptors (Lipinski definition) is 5. The Labute approximate surface area is 136 Å². The number of Topliss-reactive ketones (excluding diaryl/α,β-unsaturated/α-hetero) is 2. The fraction of sp³-hybridized carbons (Fsp3) is 0.250. The molecule has 0 spiro atoms. The fourth-order valence-corrected chi connectivity index (χ4v) is 2.47. The highest BCUT2D eigenvalue weighted by Crippen LogP contribution is 2.30. The van der Waals surface area contributed by atoms with E-state index in [2.05, 4.69) is 10.4 Å². The van der Waals surface area contributed by atoms with Crippen LogP contribution in [0.3, 0.4) is 0 Å². The number of nitrogens with one attached hydrogen (secondary N) is 2. The molecule has 8 heteroatoms. The third kappa shape index (κ3) is 2.51. The lowest BCUT2D eigenvalue weighted by Gasteiger charge is -2.20. The average Bonchev–Trinajstić information content (AvgIpc) is 2.80. The van der Waals surface area contributed by atoms with Crippen molar-refractivity contribution in [1.82, 2.24) is 9.66 Å². The molecule has 1 aromatic carbocycles. The topological polar surface area (TPSA) is 110 Å². The van der Waals surface area contributed by atoms with Crippen LogP contribution in [-0.4, -0.2) is 32.9 Å². The second kappa shape index (κ2) is 5.19. The number of aromatic amines is 1. The number of carbonyl (C=O) groups is 3. The number of aromatic nitrogens is 2. The molecule has 0 bridgehead atoms. The summed E-state index contributed by atoms with van der Waals surface area (Å²) in [7, 11) is 0. The van der Waals surface area contributed by atoms with Crippen LogP contribution in [0.25, 0.3) is 11.3 Å². The highest BCUT2D eigenvalue weighted by molar-refractivity contribution is 6.52. The van der Waals surface area contributed by atoms with Crippen molar-refractivity contribution in [3.05, 3.63) is 46.0 Å². The van der Waals surface area contributed by atoms with E-state index in [4.69, 9.17) is 4.74 Å². The van der Waals surface area contributed by atoms with E-state index in [0.717, 1.165) is 0 Å². The van der Waals surface area contributed by atoms with E-state index in [-0.39, 0.29) is 17.0 Å². The van der Waals surface area contributed by atoms with E-state index in [1.807, 2.05) is 0 Å². The van der Waals surface area contributed by atoms with Crippen molar-refractivity contribution in [3.8, 4) is 11.3 Å². The van der Waals surface area contributed by atoms with Gasteiger partial charge in [0.2, 0.25) is 5.78 Å². The number of ether oxygens (including phenoxy) is 1. The number of benzene rings is 1. The van der Waals surface area contributed by atoms with Gasteiger partial charge in [-0.15, -0.1) is 0 Å². The number of fused-ring (bicyclic) bond motifs is 3. The molecule has 0 saturated carbocycles. The van der Waals surface area contributed by atoms with Crippen molar-refractivity contribution in [2.24, 2.45) is 0 Å².